The maximum atomic E-state index is 13.2. The Kier molecular flexibility index (Phi) is 8.50. The Hall–Kier alpha value is -2.61. The topological polar surface area (TPSA) is 74.3 Å². The van der Waals surface area contributed by atoms with Gasteiger partial charge in [-0.15, -0.1) is 11.3 Å². The summed E-state index contributed by atoms with van der Waals surface area (Å²) >= 11 is 13.6. The van der Waals surface area contributed by atoms with E-state index in [9.17, 15) is 9.59 Å². The summed E-state index contributed by atoms with van der Waals surface area (Å²) in [6.45, 7) is 4.48. The van der Waals surface area contributed by atoms with Gasteiger partial charge in [-0.1, -0.05) is 59.6 Å². The number of amides is 2. The number of hydrogen-bond donors (Lipinski definition) is 2. The first-order chi connectivity index (χ1) is 15.3. The summed E-state index contributed by atoms with van der Waals surface area (Å²) in [7, 11) is 0. The molecule has 9 heteroatoms. The van der Waals surface area contributed by atoms with Crippen molar-refractivity contribution in [2.45, 2.75) is 32.9 Å². The van der Waals surface area contributed by atoms with Gasteiger partial charge in [0.15, 0.2) is 5.13 Å². The number of hydrogen-bond acceptors (Lipinski definition) is 5. The molecule has 0 aliphatic heterocycles. The van der Waals surface area contributed by atoms with Gasteiger partial charge in [0.05, 0.1) is 15.7 Å². The van der Waals surface area contributed by atoms with E-state index in [2.05, 4.69) is 15.6 Å². The third kappa shape index (κ3) is 6.69. The van der Waals surface area contributed by atoms with Gasteiger partial charge in [-0.25, -0.2) is 4.98 Å². The number of rotatable bonds is 9. The molecular formula is C23H24Cl2N4O2S. The quantitative estimate of drug-likeness (QED) is 0.400. The third-order valence-corrected chi connectivity index (χ3v) is 6.06. The fourth-order valence-corrected chi connectivity index (χ4v) is 4.04. The van der Waals surface area contributed by atoms with Crippen LogP contribution in [0.15, 0.2) is 53.9 Å². The van der Waals surface area contributed by atoms with Crippen LogP contribution in [0.2, 0.25) is 10.0 Å². The van der Waals surface area contributed by atoms with Gasteiger partial charge in [0.1, 0.15) is 5.69 Å². The van der Waals surface area contributed by atoms with Gasteiger partial charge in [0, 0.05) is 30.9 Å². The first-order valence-electron chi connectivity index (χ1n) is 10.1. The number of carbonyl (C=O) groups is 2. The van der Waals surface area contributed by atoms with E-state index < -0.39 is 0 Å². The van der Waals surface area contributed by atoms with E-state index in [1.165, 1.54) is 11.3 Å². The van der Waals surface area contributed by atoms with Gasteiger partial charge in [-0.2, -0.15) is 0 Å². The summed E-state index contributed by atoms with van der Waals surface area (Å²) in [4.78, 5) is 31.4. The minimum absolute atomic E-state index is 0.0475. The summed E-state index contributed by atoms with van der Waals surface area (Å²) in [5, 5.41) is 8.99. The van der Waals surface area contributed by atoms with Gasteiger partial charge < -0.3 is 15.5 Å². The number of aromatic nitrogens is 1. The van der Waals surface area contributed by atoms with Crippen LogP contribution in [0.1, 0.15) is 36.3 Å². The lowest BCUT2D eigenvalue weighted by atomic mass is 10.2. The van der Waals surface area contributed by atoms with E-state index in [4.69, 9.17) is 23.2 Å². The highest BCUT2D eigenvalue weighted by Crippen LogP contribution is 2.32. The van der Waals surface area contributed by atoms with Crippen LogP contribution in [0.25, 0.3) is 0 Å². The van der Waals surface area contributed by atoms with Crippen molar-refractivity contribution in [1.29, 1.82) is 0 Å². The number of halogens is 2. The number of thiazole rings is 1. The molecule has 0 radical (unpaired) electrons. The molecule has 0 saturated heterocycles. The summed E-state index contributed by atoms with van der Waals surface area (Å²) in [6.07, 6.45) is 0.212. The minimum Gasteiger partial charge on any atom is -0.354 e. The molecule has 0 spiro atoms. The molecule has 0 saturated carbocycles. The van der Waals surface area contributed by atoms with E-state index in [0.717, 1.165) is 5.56 Å². The van der Waals surface area contributed by atoms with Crippen LogP contribution in [0.3, 0.4) is 0 Å². The molecule has 0 atom stereocenters. The molecular weight excluding hydrogens is 467 g/mol. The maximum Gasteiger partial charge on any atom is 0.273 e. The maximum absolute atomic E-state index is 13.2. The lowest BCUT2D eigenvalue weighted by molar-refractivity contribution is -0.121. The Morgan fingerprint density at radius 3 is 2.56 bits per heavy atom. The second-order valence-electron chi connectivity index (χ2n) is 7.45. The molecule has 0 unspecified atom stereocenters. The average Bonchev–Trinajstić information content (AvgIpc) is 3.23. The van der Waals surface area contributed by atoms with Crippen LogP contribution in [0.4, 0.5) is 10.8 Å². The second-order valence-corrected chi connectivity index (χ2v) is 9.09. The molecule has 1 heterocycles. The predicted molar refractivity (Wildman–Crippen MR) is 131 cm³/mol. The van der Waals surface area contributed by atoms with Crippen molar-refractivity contribution in [3.05, 3.63) is 75.2 Å². The van der Waals surface area contributed by atoms with Gasteiger partial charge >= 0.3 is 0 Å². The molecule has 0 bridgehead atoms. The van der Waals surface area contributed by atoms with Crippen LogP contribution < -0.4 is 10.6 Å². The SMILES string of the molecule is CC(C)NC(=O)CCN(Cc1ccccc1)C(=O)c1csc(Nc2cccc(Cl)c2Cl)n1. The summed E-state index contributed by atoms with van der Waals surface area (Å²) in [5.74, 6) is -0.338. The van der Waals surface area contributed by atoms with Crippen molar-refractivity contribution in [2.24, 2.45) is 0 Å². The monoisotopic (exact) mass is 490 g/mol. The zero-order valence-corrected chi connectivity index (χ0v) is 20.1. The van der Waals surface area contributed by atoms with Crippen LogP contribution in [0.5, 0.6) is 0 Å². The first kappa shape index (κ1) is 24.0. The van der Waals surface area contributed by atoms with Crippen molar-refractivity contribution in [2.75, 3.05) is 11.9 Å². The Morgan fingerprint density at radius 2 is 1.84 bits per heavy atom. The van der Waals surface area contributed by atoms with Gasteiger partial charge in [0.2, 0.25) is 5.91 Å². The van der Waals surface area contributed by atoms with Gasteiger partial charge in [-0.05, 0) is 31.5 Å². The summed E-state index contributed by atoms with van der Waals surface area (Å²) < 4.78 is 0. The molecule has 1 aromatic heterocycles. The normalized spacial score (nSPS) is 10.8. The van der Waals surface area contributed by atoms with E-state index in [0.29, 0.717) is 33.1 Å². The largest absolute Gasteiger partial charge is 0.354 e. The molecule has 0 fully saturated rings. The Bertz CT molecular complexity index is 1070. The van der Waals surface area contributed by atoms with E-state index in [1.54, 1.807) is 28.5 Å². The average molecular weight is 491 g/mol. The highest BCUT2D eigenvalue weighted by molar-refractivity contribution is 7.14. The molecule has 32 heavy (non-hydrogen) atoms. The van der Waals surface area contributed by atoms with Crippen molar-refractivity contribution in [3.8, 4) is 0 Å². The van der Waals surface area contributed by atoms with Crippen LogP contribution >= 0.6 is 34.5 Å². The molecule has 2 N–H and O–H groups in total. The molecule has 0 aliphatic rings. The van der Waals surface area contributed by atoms with Crippen molar-refractivity contribution in [1.82, 2.24) is 15.2 Å². The highest BCUT2D eigenvalue weighted by Gasteiger charge is 2.21. The number of nitrogens with zero attached hydrogens (tertiary/aromatic N) is 2. The lowest BCUT2D eigenvalue weighted by Crippen LogP contribution is -2.36. The second kappa shape index (κ2) is 11.3. The van der Waals surface area contributed by atoms with Crippen molar-refractivity contribution in [3.63, 3.8) is 0 Å². The number of nitrogens with one attached hydrogen (secondary N) is 2. The Labute approximate surface area is 201 Å². The molecule has 3 aromatic rings. The van der Waals surface area contributed by atoms with E-state index in [-0.39, 0.29) is 30.8 Å². The molecule has 0 aliphatic carbocycles. The van der Waals surface area contributed by atoms with Crippen LogP contribution in [-0.4, -0.2) is 34.3 Å². The van der Waals surface area contributed by atoms with Gasteiger partial charge in [0.25, 0.3) is 5.91 Å². The Balaban J connectivity index is 1.74. The number of anilines is 2. The highest BCUT2D eigenvalue weighted by atomic mass is 35.5. The van der Waals surface area contributed by atoms with Crippen LogP contribution in [-0.2, 0) is 11.3 Å². The fraction of sp³-hybridized carbons (Fsp3) is 0.261. The third-order valence-electron chi connectivity index (χ3n) is 4.48. The molecule has 6 nitrogen and oxygen atoms in total. The van der Waals surface area contributed by atoms with E-state index in [1.807, 2.05) is 44.2 Å². The van der Waals surface area contributed by atoms with Crippen molar-refractivity contribution >= 4 is 57.2 Å². The van der Waals surface area contributed by atoms with Crippen molar-refractivity contribution < 1.29 is 9.59 Å². The molecule has 2 amide bonds. The summed E-state index contributed by atoms with van der Waals surface area (Å²) in [5.41, 5.74) is 1.89. The fourth-order valence-electron chi connectivity index (χ4n) is 2.99. The standard InChI is InChI=1S/C23H24Cl2N4O2S/c1-15(2)26-20(30)11-12-29(13-16-7-4-3-5-8-16)22(31)19-14-32-23(28-19)27-18-10-6-9-17(24)21(18)25/h3-10,14-15H,11-13H2,1-2H3,(H,26,30)(H,27,28). The van der Waals surface area contributed by atoms with Gasteiger partial charge in [-0.3, -0.25) is 9.59 Å². The van der Waals surface area contributed by atoms with Crippen LogP contribution in [0, 0.1) is 0 Å². The first-order valence-corrected chi connectivity index (χ1v) is 11.8. The molecule has 2 aromatic carbocycles. The summed E-state index contributed by atoms with van der Waals surface area (Å²) in [6, 6.07) is 15.0. The zero-order chi connectivity index (χ0) is 23.1. The molecule has 168 valence electrons. The van der Waals surface area contributed by atoms with E-state index >= 15 is 0 Å². The predicted octanol–water partition coefficient (Wildman–Crippen LogP) is 5.75. The lowest BCUT2D eigenvalue weighted by Gasteiger charge is -2.22. The number of carbonyl (C=O) groups excluding carboxylic acids is 2. The Morgan fingerprint density at radius 1 is 1.09 bits per heavy atom. The zero-order valence-electron chi connectivity index (χ0n) is 17.8. The number of benzene rings is 2. The molecule has 3 rings (SSSR count). The minimum atomic E-state index is -0.243. The smallest absolute Gasteiger partial charge is 0.273 e.